The van der Waals surface area contributed by atoms with E-state index < -0.39 is 0 Å². The van der Waals surface area contributed by atoms with Crippen molar-refractivity contribution in [1.29, 1.82) is 0 Å². The minimum atomic E-state index is -0.106. The molecule has 0 atom stereocenters. The van der Waals surface area contributed by atoms with Gasteiger partial charge in [-0.05, 0) is 42.0 Å². The van der Waals surface area contributed by atoms with Crippen LogP contribution in [0, 0.1) is 0 Å². The molecule has 138 valence electrons. The van der Waals surface area contributed by atoms with E-state index in [1.165, 1.54) is 17.3 Å². The molecule has 4 nitrogen and oxygen atoms in total. The third kappa shape index (κ3) is 3.85. The minimum absolute atomic E-state index is 0.0402. The molecule has 0 saturated carbocycles. The molecule has 27 heavy (non-hydrogen) atoms. The molecule has 2 aromatic rings. The number of para-hydroxylation sites is 1. The zero-order valence-electron chi connectivity index (χ0n) is 14.6. The van der Waals surface area contributed by atoms with Gasteiger partial charge in [0.05, 0.1) is 4.91 Å². The van der Waals surface area contributed by atoms with Crippen molar-refractivity contribution >= 4 is 63.2 Å². The Morgan fingerprint density at radius 2 is 2.07 bits per heavy atom. The van der Waals surface area contributed by atoms with E-state index in [0.717, 1.165) is 30.0 Å². The molecule has 1 aromatic carbocycles. The number of fused-ring (bicyclic) bond motifs is 1. The Balaban J connectivity index is 1.42. The Bertz CT molecular complexity index is 921. The molecule has 0 N–H and O–H groups in total. The highest BCUT2D eigenvalue weighted by Crippen LogP contribution is 2.33. The van der Waals surface area contributed by atoms with Crippen LogP contribution in [0.1, 0.15) is 23.3 Å². The standard InChI is InChI=1S/C20H18N2O2S3/c23-18(21-10-3-6-14-5-1-2-8-16(14)21)9-11-22-19(24)17(27-20(22)25)13-15-7-4-12-26-15/h1-2,4-5,7-8,12-13H,3,6,9-11H2/b17-13-. The summed E-state index contributed by atoms with van der Waals surface area (Å²) in [5, 5.41) is 1.97. The molecule has 0 bridgehead atoms. The number of thiocarbonyl (C=S) groups is 1. The maximum absolute atomic E-state index is 12.8. The summed E-state index contributed by atoms with van der Waals surface area (Å²) in [6, 6.07) is 12.0. The number of carbonyl (C=O) groups is 2. The normalized spacial score (nSPS) is 18.3. The van der Waals surface area contributed by atoms with Crippen molar-refractivity contribution in [3.05, 3.63) is 57.1 Å². The predicted molar refractivity (Wildman–Crippen MR) is 116 cm³/mol. The molecule has 0 spiro atoms. The van der Waals surface area contributed by atoms with Gasteiger partial charge in [0, 0.05) is 30.1 Å². The first-order valence-electron chi connectivity index (χ1n) is 8.80. The van der Waals surface area contributed by atoms with Gasteiger partial charge >= 0.3 is 0 Å². The topological polar surface area (TPSA) is 40.6 Å². The zero-order valence-corrected chi connectivity index (χ0v) is 17.0. The number of thiophene rings is 1. The third-order valence-electron chi connectivity index (χ3n) is 4.65. The van der Waals surface area contributed by atoms with Gasteiger partial charge in [0.1, 0.15) is 4.32 Å². The number of hydrogen-bond acceptors (Lipinski definition) is 5. The lowest BCUT2D eigenvalue weighted by atomic mass is 10.0. The van der Waals surface area contributed by atoms with Crippen molar-refractivity contribution < 1.29 is 9.59 Å². The first kappa shape index (κ1) is 18.4. The average molecular weight is 415 g/mol. The molecule has 0 unspecified atom stereocenters. The van der Waals surface area contributed by atoms with Crippen molar-refractivity contribution in [3.8, 4) is 0 Å². The largest absolute Gasteiger partial charge is 0.312 e. The predicted octanol–water partition coefficient (Wildman–Crippen LogP) is 4.32. The monoisotopic (exact) mass is 414 g/mol. The summed E-state index contributed by atoms with van der Waals surface area (Å²) in [6.45, 7) is 1.05. The SMILES string of the molecule is O=C1/C(=C/c2cccs2)SC(=S)N1CCC(=O)N1CCCc2ccccc21. The van der Waals surface area contributed by atoms with Crippen molar-refractivity contribution in [2.45, 2.75) is 19.3 Å². The van der Waals surface area contributed by atoms with Gasteiger partial charge in [-0.3, -0.25) is 14.5 Å². The molecular formula is C20H18N2O2S3. The van der Waals surface area contributed by atoms with Gasteiger partial charge in [-0.25, -0.2) is 0 Å². The Morgan fingerprint density at radius 1 is 1.22 bits per heavy atom. The summed E-state index contributed by atoms with van der Waals surface area (Å²) in [5.41, 5.74) is 2.21. The molecule has 2 aliphatic rings. The number of hydrogen-bond donors (Lipinski definition) is 0. The first-order valence-corrected chi connectivity index (χ1v) is 10.9. The van der Waals surface area contributed by atoms with Gasteiger partial charge in [0.15, 0.2) is 0 Å². The van der Waals surface area contributed by atoms with E-state index >= 15 is 0 Å². The molecule has 2 aliphatic heterocycles. The van der Waals surface area contributed by atoms with E-state index in [2.05, 4.69) is 6.07 Å². The highest BCUT2D eigenvalue weighted by atomic mass is 32.2. The van der Waals surface area contributed by atoms with E-state index in [0.29, 0.717) is 15.8 Å². The van der Waals surface area contributed by atoms with Gasteiger partial charge in [0.25, 0.3) is 5.91 Å². The highest BCUT2D eigenvalue weighted by Gasteiger charge is 2.33. The summed E-state index contributed by atoms with van der Waals surface area (Å²) >= 11 is 8.25. The molecular weight excluding hydrogens is 396 g/mol. The Morgan fingerprint density at radius 3 is 2.89 bits per heavy atom. The fraction of sp³-hybridized carbons (Fsp3) is 0.250. The Labute approximate surface area is 171 Å². The number of amides is 2. The van der Waals surface area contributed by atoms with Gasteiger partial charge in [-0.1, -0.05) is 48.2 Å². The number of carbonyl (C=O) groups excluding carboxylic acids is 2. The van der Waals surface area contributed by atoms with Crippen molar-refractivity contribution in [2.75, 3.05) is 18.0 Å². The van der Waals surface area contributed by atoms with Crippen LogP contribution in [0.4, 0.5) is 5.69 Å². The zero-order chi connectivity index (χ0) is 18.8. The second-order valence-corrected chi connectivity index (χ2v) is 9.03. The number of rotatable bonds is 4. The number of aryl methyl sites for hydroxylation is 1. The van der Waals surface area contributed by atoms with Crippen LogP contribution in [-0.4, -0.2) is 34.1 Å². The van der Waals surface area contributed by atoms with Crippen molar-refractivity contribution in [3.63, 3.8) is 0 Å². The number of thioether (sulfide) groups is 1. The van der Waals surface area contributed by atoms with E-state index in [1.807, 2.05) is 46.7 Å². The van der Waals surface area contributed by atoms with Crippen LogP contribution in [0.5, 0.6) is 0 Å². The summed E-state index contributed by atoms with van der Waals surface area (Å²) in [7, 11) is 0. The molecule has 3 heterocycles. The third-order valence-corrected chi connectivity index (χ3v) is 6.85. The molecule has 0 radical (unpaired) electrons. The molecule has 4 rings (SSSR count). The fourth-order valence-electron chi connectivity index (χ4n) is 3.33. The van der Waals surface area contributed by atoms with E-state index in [4.69, 9.17) is 12.2 Å². The molecule has 1 saturated heterocycles. The van der Waals surface area contributed by atoms with Gasteiger partial charge in [-0.15, -0.1) is 11.3 Å². The number of anilines is 1. The van der Waals surface area contributed by atoms with Gasteiger partial charge in [0.2, 0.25) is 5.91 Å². The minimum Gasteiger partial charge on any atom is -0.312 e. The molecule has 2 amide bonds. The molecule has 7 heteroatoms. The lowest BCUT2D eigenvalue weighted by Crippen LogP contribution is -2.38. The fourth-order valence-corrected chi connectivity index (χ4v) is 5.36. The van der Waals surface area contributed by atoms with Crippen LogP contribution in [0.2, 0.25) is 0 Å². The van der Waals surface area contributed by atoms with E-state index in [9.17, 15) is 9.59 Å². The average Bonchev–Trinajstić information content (AvgIpc) is 3.28. The summed E-state index contributed by atoms with van der Waals surface area (Å²) in [4.78, 5) is 30.5. The van der Waals surface area contributed by atoms with Crippen molar-refractivity contribution in [1.82, 2.24) is 4.90 Å². The van der Waals surface area contributed by atoms with Crippen LogP contribution in [0.15, 0.2) is 46.7 Å². The Kier molecular flexibility index (Phi) is 5.43. The summed E-state index contributed by atoms with van der Waals surface area (Å²) in [5.74, 6) is -0.0660. The van der Waals surface area contributed by atoms with Crippen LogP contribution in [-0.2, 0) is 16.0 Å². The van der Waals surface area contributed by atoms with Crippen LogP contribution >= 0.6 is 35.3 Å². The van der Waals surface area contributed by atoms with Crippen LogP contribution in [0.3, 0.4) is 0 Å². The van der Waals surface area contributed by atoms with E-state index in [1.54, 1.807) is 16.2 Å². The summed E-state index contributed by atoms with van der Waals surface area (Å²) < 4.78 is 0.523. The van der Waals surface area contributed by atoms with Crippen molar-refractivity contribution in [2.24, 2.45) is 0 Å². The lowest BCUT2D eigenvalue weighted by Gasteiger charge is -2.30. The van der Waals surface area contributed by atoms with Gasteiger partial charge < -0.3 is 4.90 Å². The molecule has 1 aromatic heterocycles. The molecule has 0 aliphatic carbocycles. The van der Waals surface area contributed by atoms with Crippen LogP contribution < -0.4 is 4.90 Å². The number of benzene rings is 1. The molecule has 1 fully saturated rings. The van der Waals surface area contributed by atoms with Gasteiger partial charge in [-0.2, -0.15) is 0 Å². The lowest BCUT2D eigenvalue weighted by molar-refractivity contribution is -0.123. The highest BCUT2D eigenvalue weighted by molar-refractivity contribution is 8.26. The quantitative estimate of drug-likeness (QED) is 0.552. The summed E-state index contributed by atoms with van der Waals surface area (Å²) in [6.07, 6.45) is 4.11. The smallest absolute Gasteiger partial charge is 0.266 e. The Hall–Kier alpha value is -1.96. The first-order chi connectivity index (χ1) is 13.1. The second-order valence-electron chi connectivity index (χ2n) is 6.38. The maximum Gasteiger partial charge on any atom is 0.266 e. The van der Waals surface area contributed by atoms with Crippen LogP contribution in [0.25, 0.3) is 6.08 Å². The maximum atomic E-state index is 12.8. The second kappa shape index (κ2) is 7.96. The number of nitrogens with zero attached hydrogens (tertiary/aromatic N) is 2. The van der Waals surface area contributed by atoms with E-state index in [-0.39, 0.29) is 18.2 Å².